The number of methoxy groups -OCH3 is 1. The first-order valence-electron chi connectivity index (χ1n) is 6.80. The minimum atomic E-state index is -3.89. The van der Waals surface area contributed by atoms with Crippen molar-refractivity contribution in [2.24, 2.45) is 0 Å². The van der Waals surface area contributed by atoms with E-state index in [1.54, 1.807) is 43.5 Å². The highest BCUT2D eigenvalue weighted by Gasteiger charge is 2.17. The second kappa shape index (κ2) is 7.15. The molecule has 2 aromatic carbocycles. The van der Waals surface area contributed by atoms with Crippen LogP contribution >= 0.6 is 0 Å². The number of rotatable bonds is 6. The van der Waals surface area contributed by atoms with Gasteiger partial charge in [-0.25, -0.2) is 13.1 Å². The first-order valence-corrected chi connectivity index (χ1v) is 8.28. The number of carbonyl (C=O) groups is 1. The van der Waals surface area contributed by atoms with Gasteiger partial charge in [0.15, 0.2) is 6.61 Å². The Kier molecular flexibility index (Phi) is 5.23. The van der Waals surface area contributed by atoms with Crippen LogP contribution < -0.4 is 14.2 Å². The van der Waals surface area contributed by atoms with Gasteiger partial charge in [0.1, 0.15) is 11.5 Å². The molecule has 2 rings (SSSR count). The van der Waals surface area contributed by atoms with E-state index in [0.717, 1.165) is 5.56 Å². The number of amides is 1. The third-order valence-electron chi connectivity index (χ3n) is 3.01. The minimum Gasteiger partial charge on any atom is -0.497 e. The lowest BCUT2D eigenvalue weighted by Gasteiger charge is -2.09. The quantitative estimate of drug-likeness (QED) is 0.872. The zero-order valence-electron chi connectivity index (χ0n) is 12.8. The Labute approximate surface area is 135 Å². The van der Waals surface area contributed by atoms with Crippen molar-refractivity contribution in [3.63, 3.8) is 0 Å². The molecule has 0 radical (unpaired) electrons. The van der Waals surface area contributed by atoms with Crippen LogP contribution in [0.5, 0.6) is 11.5 Å². The molecular formula is C16H17NO5S. The van der Waals surface area contributed by atoms with Crippen LogP contribution in [-0.2, 0) is 14.8 Å². The van der Waals surface area contributed by atoms with Crippen LogP contribution in [0.2, 0.25) is 0 Å². The molecule has 0 saturated heterocycles. The molecule has 0 unspecified atom stereocenters. The molecule has 0 aliphatic heterocycles. The molecule has 0 aromatic heterocycles. The number of hydrogen-bond acceptors (Lipinski definition) is 5. The Balaban J connectivity index is 1.94. The van der Waals surface area contributed by atoms with E-state index >= 15 is 0 Å². The molecule has 0 spiro atoms. The van der Waals surface area contributed by atoms with Gasteiger partial charge < -0.3 is 9.47 Å². The van der Waals surface area contributed by atoms with Gasteiger partial charge in [-0.1, -0.05) is 17.7 Å². The van der Waals surface area contributed by atoms with Crippen molar-refractivity contribution in [3.8, 4) is 11.5 Å². The molecule has 0 heterocycles. The summed E-state index contributed by atoms with van der Waals surface area (Å²) in [5, 5.41) is 0. The number of nitrogens with one attached hydrogen (secondary N) is 1. The summed E-state index contributed by atoms with van der Waals surface area (Å²) >= 11 is 0. The van der Waals surface area contributed by atoms with Gasteiger partial charge in [0.05, 0.1) is 12.0 Å². The highest BCUT2D eigenvalue weighted by molar-refractivity contribution is 7.90. The van der Waals surface area contributed by atoms with Crippen LogP contribution in [0.1, 0.15) is 5.56 Å². The van der Waals surface area contributed by atoms with Crippen molar-refractivity contribution < 1.29 is 22.7 Å². The largest absolute Gasteiger partial charge is 0.497 e. The topological polar surface area (TPSA) is 81.7 Å². The number of aryl methyl sites for hydroxylation is 1. The normalized spacial score (nSPS) is 10.9. The maximum absolute atomic E-state index is 12.0. The molecule has 23 heavy (non-hydrogen) atoms. The Morgan fingerprint density at radius 2 is 1.57 bits per heavy atom. The molecule has 0 aliphatic carbocycles. The zero-order chi connectivity index (χ0) is 16.9. The van der Waals surface area contributed by atoms with E-state index in [1.165, 1.54) is 12.1 Å². The standard InChI is InChI=1S/C16H17NO5S/c1-12-3-9-15(10-4-12)23(19,20)17-16(18)11-22-14-7-5-13(21-2)6-8-14/h3-10H,11H2,1-2H3,(H,17,18). The van der Waals surface area contributed by atoms with Crippen molar-refractivity contribution in [1.29, 1.82) is 0 Å². The van der Waals surface area contributed by atoms with Crippen molar-refractivity contribution in [1.82, 2.24) is 4.72 Å². The van der Waals surface area contributed by atoms with Crippen LogP contribution in [0.15, 0.2) is 53.4 Å². The van der Waals surface area contributed by atoms with E-state index in [1.807, 2.05) is 11.6 Å². The fourth-order valence-corrected chi connectivity index (χ4v) is 2.75. The minimum absolute atomic E-state index is 0.0286. The summed E-state index contributed by atoms with van der Waals surface area (Å²) in [6.07, 6.45) is 0. The van der Waals surface area contributed by atoms with Crippen molar-refractivity contribution >= 4 is 15.9 Å². The number of hydrogen-bond donors (Lipinski definition) is 1. The SMILES string of the molecule is COc1ccc(OCC(=O)NS(=O)(=O)c2ccc(C)cc2)cc1. The van der Waals surface area contributed by atoms with Crippen LogP contribution in [0.4, 0.5) is 0 Å². The smallest absolute Gasteiger partial charge is 0.271 e. The van der Waals surface area contributed by atoms with E-state index in [-0.39, 0.29) is 4.90 Å². The molecule has 0 saturated carbocycles. The summed E-state index contributed by atoms with van der Waals surface area (Å²) in [7, 11) is -2.35. The summed E-state index contributed by atoms with van der Waals surface area (Å²) in [6, 6.07) is 12.8. The lowest BCUT2D eigenvalue weighted by Crippen LogP contribution is -2.34. The maximum Gasteiger partial charge on any atom is 0.271 e. The zero-order valence-corrected chi connectivity index (χ0v) is 13.6. The average Bonchev–Trinajstić information content (AvgIpc) is 2.53. The van der Waals surface area contributed by atoms with E-state index in [0.29, 0.717) is 11.5 Å². The molecule has 1 amide bonds. The molecule has 122 valence electrons. The summed E-state index contributed by atoms with van der Waals surface area (Å²) < 4.78 is 36.3. The van der Waals surface area contributed by atoms with Crippen molar-refractivity contribution in [2.45, 2.75) is 11.8 Å². The van der Waals surface area contributed by atoms with E-state index < -0.39 is 22.5 Å². The molecule has 1 N–H and O–H groups in total. The first-order chi connectivity index (χ1) is 10.9. The Morgan fingerprint density at radius 1 is 1.00 bits per heavy atom. The van der Waals surface area contributed by atoms with Gasteiger partial charge in [-0.2, -0.15) is 0 Å². The van der Waals surface area contributed by atoms with Crippen molar-refractivity contribution in [2.75, 3.05) is 13.7 Å². The molecule has 0 bridgehead atoms. The predicted octanol–water partition coefficient (Wildman–Crippen LogP) is 1.89. The number of sulfonamides is 1. The fraction of sp³-hybridized carbons (Fsp3) is 0.188. The van der Waals surface area contributed by atoms with Crippen LogP contribution in [0, 0.1) is 6.92 Å². The number of ether oxygens (including phenoxy) is 2. The van der Waals surface area contributed by atoms with E-state index in [2.05, 4.69) is 0 Å². The van der Waals surface area contributed by atoms with Crippen molar-refractivity contribution in [3.05, 3.63) is 54.1 Å². The van der Waals surface area contributed by atoms with Gasteiger partial charge in [-0.05, 0) is 43.3 Å². The van der Waals surface area contributed by atoms with Crippen LogP contribution in [-0.4, -0.2) is 28.0 Å². The lowest BCUT2D eigenvalue weighted by molar-refractivity contribution is -0.121. The van der Waals surface area contributed by atoms with Gasteiger partial charge in [0.2, 0.25) is 0 Å². The number of carbonyl (C=O) groups excluding carboxylic acids is 1. The summed E-state index contributed by atoms with van der Waals surface area (Å²) in [6.45, 7) is 1.44. The Morgan fingerprint density at radius 3 is 2.13 bits per heavy atom. The van der Waals surface area contributed by atoms with Gasteiger partial charge in [-0.3, -0.25) is 4.79 Å². The molecular weight excluding hydrogens is 318 g/mol. The average molecular weight is 335 g/mol. The van der Waals surface area contributed by atoms with Gasteiger partial charge in [0, 0.05) is 0 Å². The van der Waals surface area contributed by atoms with Gasteiger partial charge >= 0.3 is 0 Å². The summed E-state index contributed by atoms with van der Waals surface area (Å²) in [4.78, 5) is 11.8. The summed E-state index contributed by atoms with van der Waals surface area (Å²) in [5.74, 6) is 0.346. The number of benzene rings is 2. The highest BCUT2D eigenvalue weighted by atomic mass is 32.2. The third kappa shape index (κ3) is 4.72. The van der Waals surface area contributed by atoms with Crippen LogP contribution in [0.3, 0.4) is 0 Å². The molecule has 0 aliphatic rings. The van der Waals surface area contributed by atoms with Crippen LogP contribution in [0.25, 0.3) is 0 Å². The predicted molar refractivity (Wildman–Crippen MR) is 85.0 cm³/mol. The van der Waals surface area contributed by atoms with Gasteiger partial charge in [-0.15, -0.1) is 0 Å². The Bertz CT molecular complexity index is 767. The van der Waals surface area contributed by atoms with E-state index in [4.69, 9.17) is 9.47 Å². The lowest BCUT2D eigenvalue weighted by atomic mass is 10.2. The Hall–Kier alpha value is -2.54. The van der Waals surface area contributed by atoms with E-state index in [9.17, 15) is 13.2 Å². The molecule has 6 nitrogen and oxygen atoms in total. The maximum atomic E-state index is 12.0. The van der Waals surface area contributed by atoms with Gasteiger partial charge in [0.25, 0.3) is 15.9 Å². The molecule has 0 atom stereocenters. The summed E-state index contributed by atoms with van der Waals surface area (Å²) in [5.41, 5.74) is 0.929. The first kappa shape index (κ1) is 16.8. The second-order valence-electron chi connectivity index (χ2n) is 4.81. The molecule has 7 heteroatoms. The second-order valence-corrected chi connectivity index (χ2v) is 6.49. The molecule has 2 aromatic rings. The highest BCUT2D eigenvalue weighted by Crippen LogP contribution is 2.17. The monoisotopic (exact) mass is 335 g/mol. The fourth-order valence-electron chi connectivity index (χ4n) is 1.78. The third-order valence-corrected chi connectivity index (χ3v) is 4.40. The molecule has 0 fully saturated rings.